The van der Waals surface area contributed by atoms with Crippen molar-refractivity contribution in [3.05, 3.63) is 35.9 Å². The summed E-state index contributed by atoms with van der Waals surface area (Å²) in [6.45, 7) is 0.531. The standard InChI is InChI=1S/C9H11N3O/c10-12-6-8(11-9(12)13)7-4-2-1-3-5-7/h1-5,8H,6,10H2,(H,11,13)/t8-/m0/s1. The highest BCUT2D eigenvalue weighted by atomic mass is 16.2. The van der Waals surface area contributed by atoms with Gasteiger partial charge >= 0.3 is 6.03 Å². The summed E-state index contributed by atoms with van der Waals surface area (Å²) in [6.07, 6.45) is 0. The van der Waals surface area contributed by atoms with Crippen LogP contribution >= 0.6 is 0 Å². The maximum absolute atomic E-state index is 11.0. The third kappa shape index (κ3) is 1.48. The highest BCUT2D eigenvalue weighted by molar-refractivity contribution is 5.76. The zero-order chi connectivity index (χ0) is 9.26. The number of hydrogen-bond donors (Lipinski definition) is 2. The van der Waals surface area contributed by atoms with E-state index in [1.807, 2.05) is 30.3 Å². The quantitative estimate of drug-likeness (QED) is 0.488. The molecule has 4 nitrogen and oxygen atoms in total. The smallest absolute Gasteiger partial charge is 0.328 e. The maximum atomic E-state index is 11.0. The Labute approximate surface area is 76.3 Å². The first-order chi connectivity index (χ1) is 6.27. The Balaban J connectivity index is 2.17. The zero-order valence-electron chi connectivity index (χ0n) is 7.10. The van der Waals surface area contributed by atoms with Gasteiger partial charge in [0, 0.05) is 0 Å². The van der Waals surface area contributed by atoms with Crippen molar-refractivity contribution >= 4 is 6.03 Å². The van der Waals surface area contributed by atoms with Crippen LogP contribution in [-0.4, -0.2) is 17.6 Å². The minimum absolute atomic E-state index is 0.0266. The van der Waals surface area contributed by atoms with Crippen LogP contribution in [0.15, 0.2) is 30.3 Å². The van der Waals surface area contributed by atoms with E-state index in [0.29, 0.717) is 6.54 Å². The molecule has 2 rings (SSSR count). The van der Waals surface area contributed by atoms with Crippen molar-refractivity contribution < 1.29 is 4.79 Å². The molecule has 0 aromatic heterocycles. The van der Waals surface area contributed by atoms with E-state index < -0.39 is 0 Å². The first-order valence-electron chi connectivity index (χ1n) is 4.15. The van der Waals surface area contributed by atoms with Crippen molar-refractivity contribution in [2.45, 2.75) is 6.04 Å². The number of benzene rings is 1. The molecule has 1 heterocycles. The van der Waals surface area contributed by atoms with Crippen LogP contribution in [0.5, 0.6) is 0 Å². The number of hydrazine groups is 1. The Hall–Kier alpha value is -1.55. The second-order valence-electron chi connectivity index (χ2n) is 3.07. The second kappa shape index (κ2) is 3.06. The lowest BCUT2D eigenvalue weighted by Gasteiger charge is -2.08. The van der Waals surface area contributed by atoms with Gasteiger partial charge in [-0.1, -0.05) is 30.3 Å². The van der Waals surface area contributed by atoms with Crippen LogP contribution < -0.4 is 11.2 Å². The van der Waals surface area contributed by atoms with E-state index in [2.05, 4.69) is 5.32 Å². The monoisotopic (exact) mass is 177 g/mol. The summed E-state index contributed by atoms with van der Waals surface area (Å²) in [6, 6.07) is 9.60. The minimum atomic E-state index is -0.214. The van der Waals surface area contributed by atoms with Crippen molar-refractivity contribution in [2.75, 3.05) is 6.54 Å². The molecule has 1 fully saturated rings. The molecular weight excluding hydrogens is 166 g/mol. The maximum Gasteiger partial charge on any atom is 0.332 e. The van der Waals surface area contributed by atoms with E-state index in [-0.39, 0.29) is 12.1 Å². The fraction of sp³-hybridized carbons (Fsp3) is 0.222. The average molecular weight is 177 g/mol. The van der Waals surface area contributed by atoms with Gasteiger partial charge in [0.25, 0.3) is 0 Å². The van der Waals surface area contributed by atoms with Gasteiger partial charge < -0.3 is 5.32 Å². The Morgan fingerprint density at radius 2 is 2.08 bits per heavy atom. The van der Waals surface area contributed by atoms with Crippen molar-refractivity contribution in [3.63, 3.8) is 0 Å². The van der Waals surface area contributed by atoms with E-state index >= 15 is 0 Å². The number of carbonyl (C=O) groups excluding carboxylic acids is 1. The lowest BCUT2D eigenvalue weighted by molar-refractivity contribution is 0.218. The van der Waals surface area contributed by atoms with Crippen LogP contribution in [0.1, 0.15) is 11.6 Å². The predicted molar refractivity (Wildman–Crippen MR) is 48.6 cm³/mol. The molecule has 0 radical (unpaired) electrons. The Morgan fingerprint density at radius 1 is 1.38 bits per heavy atom. The molecule has 1 aromatic rings. The molecule has 0 saturated carbocycles. The van der Waals surface area contributed by atoms with Gasteiger partial charge in [-0.3, -0.25) is 5.01 Å². The van der Waals surface area contributed by atoms with Crippen LogP contribution in [0.3, 0.4) is 0 Å². The molecule has 1 aliphatic heterocycles. The summed E-state index contributed by atoms with van der Waals surface area (Å²) in [4.78, 5) is 11.0. The van der Waals surface area contributed by atoms with Gasteiger partial charge in [0.1, 0.15) is 0 Å². The van der Waals surface area contributed by atoms with Gasteiger partial charge in [-0.15, -0.1) is 0 Å². The Morgan fingerprint density at radius 3 is 2.62 bits per heavy atom. The number of urea groups is 1. The number of hydrogen-bond acceptors (Lipinski definition) is 2. The molecule has 1 aromatic carbocycles. The van der Waals surface area contributed by atoms with Gasteiger partial charge in [-0.25, -0.2) is 10.6 Å². The largest absolute Gasteiger partial charge is 0.332 e. The first-order valence-corrected chi connectivity index (χ1v) is 4.15. The van der Waals surface area contributed by atoms with Crippen molar-refractivity contribution in [3.8, 4) is 0 Å². The van der Waals surface area contributed by atoms with Crippen molar-refractivity contribution in [1.82, 2.24) is 10.3 Å². The molecule has 4 heteroatoms. The van der Waals surface area contributed by atoms with Gasteiger partial charge in [-0.05, 0) is 5.56 Å². The molecule has 1 atom stereocenters. The summed E-state index contributed by atoms with van der Waals surface area (Å²) in [5, 5.41) is 3.97. The molecule has 0 aliphatic carbocycles. The summed E-state index contributed by atoms with van der Waals surface area (Å²) in [5.74, 6) is 5.43. The summed E-state index contributed by atoms with van der Waals surface area (Å²) < 4.78 is 0. The molecule has 1 saturated heterocycles. The third-order valence-corrected chi connectivity index (χ3v) is 2.14. The zero-order valence-corrected chi connectivity index (χ0v) is 7.10. The molecule has 3 N–H and O–H groups in total. The van der Waals surface area contributed by atoms with E-state index in [9.17, 15) is 4.79 Å². The van der Waals surface area contributed by atoms with Crippen LogP contribution in [0.4, 0.5) is 4.79 Å². The molecular formula is C9H11N3O. The fourth-order valence-electron chi connectivity index (χ4n) is 1.43. The number of amides is 2. The highest BCUT2D eigenvalue weighted by Gasteiger charge is 2.26. The van der Waals surface area contributed by atoms with Gasteiger partial charge in [-0.2, -0.15) is 0 Å². The van der Waals surface area contributed by atoms with Crippen molar-refractivity contribution in [1.29, 1.82) is 0 Å². The number of carbonyl (C=O) groups is 1. The molecule has 1 aliphatic rings. The van der Waals surface area contributed by atoms with Gasteiger partial charge in [0.2, 0.25) is 0 Å². The second-order valence-corrected chi connectivity index (χ2v) is 3.07. The first kappa shape index (κ1) is 8.07. The van der Waals surface area contributed by atoms with Crippen LogP contribution in [0.2, 0.25) is 0 Å². The molecule has 0 spiro atoms. The Bertz CT molecular complexity index is 312. The van der Waals surface area contributed by atoms with Gasteiger partial charge in [0.05, 0.1) is 12.6 Å². The van der Waals surface area contributed by atoms with E-state index in [1.165, 1.54) is 5.01 Å². The molecule has 2 amide bonds. The molecule has 0 bridgehead atoms. The summed E-state index contributed by atoms with van der Waals surface area (Å²) in [5.41, 5.74) is 1.09. The number of nitrogens with zero attached hydrogens (tertiary/aromatic N) is 1. The molecule has 0 unspecified atom stereocenters. The summed E-state index contributed by atoms with van der Waals surface area (Å²) >= 11 is 0. The lowest BCUT2D eigenvalue weighted by Crippen LogP contribution is -2.34. The third-order valence-electron chi connectivity index (χ3n) is 2.14. The SMILES string of the molecule is NN1C[C@@H](c2ccccc2)NC1=O. The number of rotatable bonds is 1. The molecule has 13 heavy (non-hydrogen) atoms. The van der Waals surface area contributed by atoms with E-state index in [0.717, 1.165) is 5.56 Å². The Kier molecular flexibility index (Phi) is 1.90. The lowest BCUT2D eigenvalue weighted by atomic mass is 10.1. The highest BCUT2D eigenvalue weighted by Crippen LogP contribution is 2.17. The van der Waals surface area contributed by atoms with Crippen molar-refractivity contribution in [2.24, 2.45) is 5.84 Å². The topological polar surface area (TPSA) is 58.4 Å². The number of nitrogens with two attached hydrogens (primary N) is 1. The van der Waals surface area contributed by atoms with Gasteiger partial charge in [0.15, 0.2) is 0 Å². The van der Waals surface area contributed by atoms with E-state index in [4.69, 9.17) is 5.84 Å². The van der Waals surface area contributed by atoms with Crippen LogP contribution in [0.25, 0.3) is 0 Å². The summed E-state index contributed by atoms with van der Waals surface area (Å²) in [7, 11) is 0. The van der Waals surface area contributed by atoms with E-state index in [1.54, 1.807) is 0 Å². The molecule has 68 valence electrons. The number of nitrogens with one attached hydrogen (secondary N) is 1. The van der Waals surface area contributed by atoms with Crippen LogP contribution in [-0.2, 0) is 0 Å². The average Bonchev–Trinajstić information content (AvgIpc) is 2.49. The minimum Gasteiger partial charge on any atom is -0.328 e. The predicted octanol–water partition coefficient (Wildman–Crippen LogP) is 0.627. The fourth-order valence-corrected chi connectivity index (χ4v) is 1.43. The normalized spacial score (nSPS) is 21.8. The van der Waals surface area contributed by atoms with Crippen LogP contribution in [0, 0.1) is 0 Å².